The van der Waals surface area contributed by atoms with Crippen LogP contribution in [0.3, 0.4) is 0 Å². The molecule has 24 heavy (non-hydrogen) atoms. The Kier molecular flexibility index (Phi) is 4.28. The normalized spacial score (nSPS) is 14.5. The molecule has 8 heteroatoms. The third-order valence-electron chi connectivity index (χ3n) is 3.91. The lowest BCUT2D eigenvalue weighted by Gasteiger charge is -2.36. The summed E-state index contributed by atoms with van der Waals surface area (Å²) in [5.74, 6) is -0.339. The van der Waals surface area contributed by atoms with Gasteiger partial charge in [0.25, 0.3) is 5.91 Å². The molecule has 0 radical (unpaired) electrons. The molecule has 0 bridgehead atoms. The van der Waals surface area contributed by atoms with Gasteiger partial charge in [0.15, 0.2) is 5.69 Å². The van der Waals surface area contributed by atoms with Crippen molar-refractivity contribution in [3.63, 3.8) is 0 Å². The van der Waals surface area contributed by atoms with Gasteiger partial charge < -0.3 is 20.6 Å². The summed E-state index contributed by atoms with van der Waals surface area (Å²) in [5, 5.41) is 9.04. The highest BCUT2D eigenvalue weighted by molar-refractivity contribution is 5.97. The second-order valence-corrected chi connectivity index (χ2v) is 5.40. The van der Waals surface area contributed by atoms with Gasteiger partial charge in [-0.05, 0) is 24.3 Å². The van der Waals surface area contributed by atoms with Crippen LogP contribution in [-0.4, -0.2) is 53.1 Å². The molecule has 8 nitrogen and oxygen atoms in total. The number of anilines is 2. The summed E-state index contributed by atoms with van der Waals surface area (Å²) in [5.41, 5.74) is 5.83. The molecule has 2 aromatic heterocycles. The Morgan fingerprint density at radius 2 is 1.75 bits per heavy atom. The maximum Gasteiger partial charge on any atom is 0.354 e. The Morgan fingerprint density at radius 3 is 2.42 bits per heavy atom. The quantitative estimate of drug-likeness (QED) is 0.845. The van der Waals surface area contributed by atoms with Crippen molar-refractivity contribution < 1.29 is 14.7 Å². The Hall–Kier alpha value is -3.16. The van der Waals surface area contributed by atoms with Gasteiger partial charge >= 0.3 is 5.97 Å². The Bertz CT molecular complexity index is 772. The lowest BCUT2D eigenvalue weighted by Crippen LogP contribution is -2.47. The number of carboxylic acid groups (broad SMARTS) is 1. The van der Waals surface area contributed by atoms with Crippen LogP contribution in [0.1, 0.15) is 20.8 Å². The number of nitrogens with zero attached hydrogens (tertiary/aromatic N) is 4. The summed E-state index contributed by atoms with van der Waals surface area (Å²) in [7, 11) is 0. The van der Waals surface area contributed by atoms with Crippen LogP contribution in [-0.2, 0) is 0 Å². The van der Waals surface area contributed by atoms with Gasteiger partial charge in [-0.15, -0.1) is 0 Å². The van der Waals surface area contributed by atoms with Crippen LogP contribution in [0.5, 0.6) is 0 Å². The predicted molar refractivity (Wildman–Crippen MR) is 88.4 cm³/mol. The number of carboxylic acids is 1. The van der Waals surface area contributed by atoms with Crippen LogP contribution in [0.25, 0.3) is 0 Å². The number of piperazine rings is 1. The molecule has 1 saturated heterocycles. The number of hydrogen-bond donors (Lipinski definition) is 2. The van der Waals surface area contributed by atoms with E-state index in [9.17, 15) is 9.59 Å². The highest BCUT2D eigenvalue weighted by Gasteiger charge is 2.22. The van der Waals surface area contributed by atoms with E-state index in [0.29, 0.717) is 43.4 Å². The predicted octanol–water partition coefficient (Wildman–Crippen LogP) is 0.600. The lowest BCUT2D eigenvalue weighted by atomic mass is 10.2. The van der Waals surface area contributed by atoms with E-state index >= 15 is 0 Å². The summed E-state index contributed by atoms with van der Waals surface area (Å²) < 4.78 is 0. The van der Waals surface area contributed by atoms with Gasteiger partial charge in [0.1, 0.15) is 11.6 Å². The fourth-order valence-corrected chi connectivity index (χ4v) is 2.71. The van der Waals surface area contributed by atoms with Crippen molar-refractivity contribution >= 4 is 23.5 Å². The zero-order chi connectivity index (χ0) is 17.1. The van der Waals surface area contributed by atoms with E-state index in [0.717, 1.165) is 0 Å². The molecule has 3 rings (SSSR count). The molecule has 0 spiro atoms. The maximum atomic E-state index is 11.5. The van der Waals surface area contributed by atoms with Crippen molar-refractivity contribution in [1.29, 1.82) is 0 Å². The summed E-state index contributed by atoms with van der Waals surface area (Å²) in [6, 6.07) is 8.28. The molecule has 0 atom stereocenters. The molecule has 3 N–H and O–H groups in total. The van der Waals surface area contributed by atoms with E-state index in [-0.39, 0.29) is 5.69 Å². The molecule has 1 amide bonds. The van der Waals surface area contributed by atoms with Crippen LogP contribution >= 0.6 is 0 Å². The van der Waals surface area contributed by atoms with Crippen molar-refractivity contribution in [3.05, 3.63) is 47.8 Å². The topological polar surface area (TPSA) is 113 Å². The van der Waals surface area contributed by atoms with Crippen LogP contribution in [0.2, 0.25) is 0 Å². The van der Waals surface area contributed by atoms with Gasteiger partial charge in [-0.25, -0.2) is 14.8 Å². The first-order valence-corrected chi connectivity index (χ1v) is 7.51. The van der Waals surface area contributed by atoms with Crippen molar-refractivity contribution in [1.82, 2.24) is 9.97 Å². The van der Waals surface area contributed by atoms with Crippen molar-refractivity contribution in [3.8, 4) is 0 Å². The molecule has 1 fully saturated rings. The number of carbonyl (C=O) groups is 2. The van der Waals surface area contributed by atoms with Crippen LogP contribution in [0, 0.1) is 0 Å². The third kappa shape index (κ3) is 3.12. The molecule has 0 saturated carbocycles. The number of rotatable bonds is 4. The van der Waals surface area contributed by atoms with E-state index in [1.54, 1.807) is 30.5 Å². The number of aromatic nitrogens is 2. The van der Waals surface area contributed by atoms with E-state index in [4.69, 9.17) is 10.8 Å². The van der Waals surface area contributed by atoms with Gasteiger partial charge in [-0.2, -0.15) is 0 Å². The van der Waals surface area contributed by atoms with Crippen LogP contribution in [0.4, 0.5) is 11.6 Å². The van der Waals surface area contributed by atoms with Crippen LogP contribution < -0.4 is 15.5 Å². The first kappa shape index (κ1) is 15.7. The molecular weight excluding hydrogens is 310 g/mol. The number of amides is 1. The number of aromatic carboxylic acids is 1. The van der Waals surface area contributed by atoms with Gasteiger partial charge in [-0.1, -0.05) is 6.07 Å². The summed E-state index contributed by atoms with van der Waals surface area (Å²) in [6.07, 6.45) is 1.63. The fraction of sp³-hybridized carbons (Fsp3) is 0.250. The average Bonchev–Trinajstić information content (AvgIpc) is 2.62. The zero-order valence-corrected chi connectivity index (χ0v) is 12.9. The number of hydrogen-bond acceptors (Lipinski definition) is 6. The van der Waals surface area contributed by atoms with E-state index < -0.39 is 11.9 Å². The fourth-order valence-electron chi connectivity index (χ4n) is 2.71. The molecule has 124 valence electrons. The summed E-state index contributed by atoms with van der Waals surface area (Å²) >= 11 is 0. The molecule has 0 unspecified atom stereocenters. The first-order chi connectivity index (χ1) is 11.6. The average molecular weight is 327 g/mol. The molecule has 2 aromatic rings. The summed E-state index contributed by atoms with van der Waals surface area (Å²) in [4.78, 5) is 35.0. The van der Waals surface area contributed by atoms with Gasteiger partial charge in [0, 0.05) is 32.4 Å². The van der Waals surface area contributed by atoms with Gasteiger partial charge in [-0.3, -0.25) is 4.79 Å². The largest absolute Gasteiger partial charge is 0.477 e. The highest BCUT2D eigenvalue weighted by atomic mass is 16.4. The van der Waals surface area contributed by atoms with Gasteiger partial charge in [0.05, 0.1) is 5.56 Å². The van der Waals surface area contributed by atoms with E-state index in [1.807, 2.05) is 9.80 Å². The highest BCUT2D eigenvalue weighted by Crippen LogP contribution is 2.21. The molecular formula is C16H17N5O3. The first-order valence-electron chi connectivity index (χ1n) is 7.51. The number of nitrogens with two attached hydrogens (primary N) is 1. The molecule has 1 aliphatic heterocycles. The lowest BCUT2D eigenvalue weighted by molar-refractivity contribution is 0.0690. The number of carbonyl (C=O) groups excluding carboxylic acids is 1. The van der Waals surface area contributed by atoms with Gasteiger partial charge in [0.2, 0.25) is 0 Å². The molecule has 0 aliphatic carbocycles. The standard InChI is InChI=1S/C16H17N5O3/c17-14(22)11-3-2-6-18-15(11)21-9-7-20(8-10-21)13-5-1-4-12(19-13)16(23)24/h1-6H,7-10H2,(H2,17,22)(H,23,24). The second kappa shape index (κ2) is 6.53. The van der Waals surface area contributed by atoms with Crippen LogP contribution in [0.15, 0.2) is 36.5 Å². The van der Waals surface area contributed by atoms with Crippen molar-refractivity contribution in [2.45, 2.75) is 0 Å². The SMILES string of the molecule is NC(=O)c1cccnc1N1CCN(c2cccc(C(=O)O)n2)CC1. The van der Waals surface area contributed by atoms with Crippen molar-refractivity contribution in [2.24, 2.45) is 5.73 Å². The maximum absolute atomic E-state index is 11.5. The molecule has 3 heterocycles. The third-order valence-corrected chi connectivity index (χ3v) is 3.91. The minimum Gasteiger partial charge on any atom is -0.477 e. The molecule has 0 aromatic carbocycles. The Morgan fingerprint density at radius 1 is 1.04 bits per heavy atom. The minimum absolute atomic E-state index is 0.0238. The Labute approximate surface area is 138 Å². The van der Waals surface area contributed by atoms with E-state index in [1.165, 1.54) is 6.07 Å². The monoisotopic (exact) mass is 327 g/mol. The summed E-state index contributed by atoms with van der Waals surface area (Å²) in [6.45, 7) is 2.56. The number of primary amides is 1. The zero-order valence-electron chi connectivity index (χ0n) is 12.9. The molecule has 1 aliphatic rings. The minimum atomic E-state index is -1.05. The number of pyridine rings is 2. The second-order valence-electron chi connectivity index (χ2n) is 5.40. The van der Waals surface area contributed by atoms with Crippen molar-refractivity contribution in [2.75, 3.05) is 36.0 Å². The Balaban J connectivity index is 1.74. The van der Waals surface area contributed by atoms with E-state index in [2.05, 4.69) is 9.97 Å². The smallest absolute Gasteiger partial charge is 0.354 e.